The average molecular weight is 539 g/mol. The minimum absolute atomic E-state index is 0.0645. The number of pyridine rings is 1. The molecule has 4 aliphatic rings. The van der Waals surface area contributed by atoms with Crippen molar-refractivity contribution in [3.8, 4) is 17.3 Å². The number of rotatable bonds is 5. The van der Waals surface area contributed by atoms with Crippen LogP contribution in [0.1, 0.15) is 38.5 Å². The highest BCUT2D eigenvalue weighted by molar-refractivity contribution is 5.99. The molecule has 0 radical (unpaired) electrons. The molecule has 6 heterocycles. The van der Waals surface area contributed by atoms with Gasteiger partial charge in [0.1, 0.15) is 23.6 Å². The van der Waals surface area contributed by atoms with Crippen LogP contribution in [-0.2, 0) is 0 Å². The molecule has 0 amide bonds. The molecule has 4 aromatic rings. The van der Waals surface area contributed by atoms with E-state index in [2.05, 4.69) is 15.1 Å². The topological polar surface area (TPSA) is 66.4 Å². The lowest BCUT2D eigenvalue weighted by Crippen LogP contribution is -2.43. The molecule has 2 bridgehead atoms. The van der Waals surface area contributed by atoms with Gasteiger partial charge in [-0.1, -0.05) is 42.5 Å². The Morgan fingerprint density at radius 2 is 1.85 bits per heavy atom. The first-order valence-corrected chi connectivity index (χ1v) is 14.9. The van der Waals surface area contributed by atoms with Crippen LogP contribution < -0.4 is 15.0 Å². The van der Waals surface area contributed by atoms with Gasteiger partial charge in [-0.25, -0.2) is 4.39 Å². The molecule has 40 heavy (non-hydrogen) atoms. The van der Waals surface area contributed by atoms with Crippen LogP contribution in [0.25, 0.3) is 32.9 Å². The summed E-state index contributed by atoms with van der Waals surface area (Å²) in [5, 5.41) is 6.33. The Morgan fingerprint density at radius 1 is 1.00 bits per heavy atom. The van der Waals surface area contributed by atoms with E-state index in [0.29, 0.717) is 29.6 Å². The van der Waals surface area contributed by atoms with Gasteiger partial charge in [-0.3, -0.25) is 9.88 Å². The highest BCUT2D eigenvalue weighted by Crippen LogP contribution is 2.40. The Kier molecular flexibility index (Phi) is 5.88. The van der Waals surface area contributed by atoms with Crippen LogP contribution in [-0.4, -0.2) is 70.8 Å². The summed E-state index contributed by atoms with van der Waals surface area (Å²) in [6.45, 7) is 5.62. The molecule has 1 N–H and O–H groups in total. The van der Waals surface area contributed by atoms with Crippen LogP contribution in [0.3, 0.4) is 0 Å². The van der Waals surface area contributed by atoms with Crippen molar-refractivity contribution in [2.45, 2.75) is 50.1 Å². The van der Waals surface area contributed by atoms with Crippen LogP contribution >= 0.6 is 0 Å². The normalized spacial score (nSPS) is 24.1. The van der Waals surface area contributed by atoms with E-state index in [1.165, 1.54) is 19.3 Å². The molecule has 4 aliphatic heterocycles. The predicted molar refractivity (Wildman–Crippen MR) is 155 cm³/mol. The van der Waals surface area contributed by atoms with Crippen LogP contribution in [0.2, 0.25) is 0 Å². The first-order valence-electron chi connectivity index (χ1n) is 14.9. The van der Waals surface area contributed by atoms with Crippen molar-refractivity contribution < 1.29 is 9.13 Å². The highest BCUT2D eigenvalue weighted by atomic mass is 19.1. The Morgan fingerprint density at radius 3 is 2.75 bits per heavy atom. The van der Waals surface area contributed by atoms with Crippen LogP contribution in [0.4, 0.5) is 10.2 Å². The molecule has 206 valence electrons. The number of ether oxygens (including phenoxy) is 1. The summed E-state index contributed by atoms with van der Waals surface area (Å²) in [6, 6.07) is 14.7. The van der Waals surface area contributed by atoms with E-state index in [-0.39, 0.29) is 17.1 Å². The smallest absolute Gasteiger partial charge is 0.319 e. The third kappa shape index (κ3) is 4.03. The van der Waals surface area contributed by atoms with Gasteiger partial charge in [-0.2, -0.15) is 9.97 Å². The summed E-state index contributed by atoms with van der Waals surface area (Å²) in [5.74, 6) is 0.997. The number of fused-ring (bicyclic) bond motifs is 5. The maximum absolute atomic E-state index is 16.5. The lowest BCUT2D eigenvalue weighted by molar-refractivity contribution is 0.108. The molecule has 8 heteroatoms. The Bertz CT molecular complexity index is 1580. The highest BCUT2D eigenvalue weighted by Gasteiger charge is 2.45. The van der Waals surface area contributed by atoms with Gasteiger partial charge in [-0.15, -0.1) is 0 Å². The molecule has 0 aliphatic carbocycles. The first-order chi connectivity index (χ1) is 19.7. The lowest BCUT2D eigenvalue weighted by Gasteiger charge is -2.31. The van der Waals surface area contributed by atoms with Gasteiger partial charge in [-0.05, 0) is 74.8 Å². The minimum Gasteiger partial charge on any atom is -0.461 e. The zero-order chi connectivity index (χ0) is 26.7. The fraction of sp³-hybridized carbons (Fsp3) is 0.469. The maximum Gasteiger partial charge on any atom is 0.319 e. The first kappa shape index (κ1) is 24.4. The number of halogens is 1. The number of hydrogen-bond acceptors (Lipinski definition) is 7. The zero-order valence-corrected chi connectivity index (χ0v) is 22.8. The monoisotopic (exact) mass is 538 g/mol. The van der Waals surface area contributed by atoms with Gasteiger partial charge in [0.25, 0.3) is 0 Å². The molecule has 4 fully saturated rings. The molecule has 7 nitrogen and oxygen atoms in total. The Labute approximate surface area is 233 Å². The molecule has 2 aromatic carbocycles. The molecule has 4 saturated heterocycles. The fourth-order valence-electron chi connectivity index (χ4n) is 7.76. The zero-order valence-electron chi connectivity index (χ0n) is 22.8. The number of nitrogens with one attached hydrogen (secondary N) is 1. The van der Waals surface area contributed by atoms with E-state index < -0.39 is 5.82 Å². The molecule has 2 unspecified atom stereocenters. The lowest BCUT2D eigenvalue weighted by atomic mass is 9.95. The maximum atomic E-state index is 16.5. The Hall–Kier alpha value is -3.36. The second kappa shape index (κ2) is 9.63. The molecular weight excluding hydrogens is 503 g/mol. The van der Waals surface area contributed by atoms with E-state index in [9.17, 15) is 0 Å². The second-order valence-electron chi connectivity index (χ2n) is 12.2. The summed E-state index contributed by atoms with van der Waals surface area (Å²) in [6.07, 6.45) is 8.71. The van der Waals surface area contributed by atoms with E-state index in [0.717, 1.165) is 74.1 Å². The van der Waals surface area contributed by atoms with Crippen LogP contribution in [0.5, 0.6) is 6.01 Å². The van der Waals surface area contributed by atoms with Gasteiger partial charge in [0, 0.05) is 30.9 Å². The van der Waals surface area contributed by atoms with E-state index >= 15 is 4.39 Å². The number of hydrogen-bond donors (Lipinski definition) is 1. The predicted octanol–water partition coefficient (Wildman–Crippen LogP) is 5.18. The van der Waals surface area contributed by atoms with Gasteiger partial charge < -0.3 is 15.0 Å². The standard InChI is InChI=1S/C32H35FN6O/c33-27-28(25-9-3-7-22-6-1-2-8-24(22)25)35-18-26-29(27)36-31(40-20-32-11-4-13-39(32)14-5-12-32)37-30(26)38-15-10-21-16-23(19-38)34-17-21/h1-3,6-9,18,21,23,34H,4-5,10-17,19-20H2. The van der Waals surface area contributed by atoms with Gasteiger partial charge in [0.15, 0.2) is 5.82 Å². The fourth-order valence-corrected chi connectivity index (χ4v) is 7.76. The van der Waals surface area contributed by atoms with Crippen molar-refractivity contribution in [1.82, 2.24) is 25.2 Å². The van der Waals surface area contributed by atoms with Crippen molar-refractivity contribution in [2.24, 2.45) is 5.92 Å². The van der Waals surface area contributed by atoms with Gasteiger partial charge in [0.05, 0.1) is 10.9 Å². The third-order valence-corrected chi connectivity index (χ3v) is 9.83. The van der Waals surface area contributed by atoms with E-state index in [4.69, 9.17) is 19.7 Å². The van der Waals surface area contributed by atoms with Crippen molar-refractivity contribution in [3.05, 3.63) is 54.5 Å². The summed E-state index contributed by atoms with van der Waals surface area (Å²) in [7, 11) is 0. The SMILES string of the molecule is Fc1c(-c2cccc3ccccc23)ncc2c(N3CCC4CNC(C4)C3)nc(OCC34CCCN3CCC4)nc12. The average Bonchev–Trinajstić information content (AvgIpc) is 3.65. The summed E-state index contributed by atoms with van der Waals surface area (Å²) in [5.41, 5.74) is 1.43. The van der Waals surface area contributed by atoms with Crippen molar-refractivity contribution in [3.63, 3.8) is 0 Å². The second-order valence-corrected chi connectivity index (χ2v) is 12.2. The molecule has 0 spiro atoms. The van der Waals surface area contributed by atoms with Crippen molar-refractivity contribution in [1.29, 1.82) is 0 Å². The minimum atomic E-state index is -0.418. The van der Waals surface area contributed by atoms with Gasteiger partial charge in [0.2, 0.25) is 0 Å². The third-order valence-electron chi connectivity index (χ3n) is 9.83. The number of nitrogens with zero attached hydrogens (tertiary/aromatic N) is 5. The number of benzene rings is 2. The molecule has 8 rings (SSSR count). The summed E-state index contributed by atoms with van der Waals surface area (Å²) < 4.78 is 23.0. The number of anilines is 1. The number of aromatic nitrogens is 3. The summed E-state index contributed by atoms with van der Waals surface area (Å²) in [4.78, 5) is 19.2. The molecule has 2 aromatic heterocycles. The van der Waals surface area contributed by atoms with E-state index in [1.807, 2.05) is 42.5 Å². The van der Waals surface area contributed by atoms with Crippen molar-refractivity contribution in [2.75, 3.05) is 44.2 Å². The largest absolute Gasteiger partial charge is 0.461 e. The quantitative estimate of drug-likeness (QED) is 0.376. The molecule has 0 saturated carbocycles. The Balaban J connectivity index is 1.24. The molecular formula is C32H35FN6O. The van der Waals surface area contributed by atoms with Crippen molar-refractivity contribution >= 4 is 27.5 Å². The van der Waals surface area contributed by atoms with Crippen LogP contribution in [0, 0.1) is 11.7 Å². The summed E-state index contributed by atoms with van der Waals surface area (Å²) >= 11 is 0. The van der Waals surface area contributed by atoms with E-state index in [1.54, 1.807) is 6.20 Å². The van der Waals surface area contributed by atoms with Gasteiger partial charge >= 0.3 is 6.01 Å². The molecule has 2 atom stereocenters. The van der Waals surface area contributed by atoms with Crippen LogP contribution in [0.15, 0.2) is 48.7 Å².